The van der Waals surface area contributed by atoms with E-state index in [1.807, 2.05) is 6.92 Å². The highest BCUT2D eigenvalue weighted by molar-refractivity contribution is 5.79. The van der Waals surface area contributed by atoms with Crippen LogP contribution < -0.4 is 0 Å². The summed E-state index contributed by atoms with van der Waals surface area (Å²) in [6.45, 7) is 11.6. The maximum absolute atomic E-state index is 13.3. The van der Waals surface area contributed by atoms with Gasteiger partial charge in [-0.05, 0) is 110 Å². The van der Waals surface area contributed by atoms with Gasteiger partial charge in [0.05, 0.1) is 6.61 Å². The summed E-state index contributed by atoms with van der Waals surface area (Å²) < 4.78 is 5.64. The highest BCUT2D eigenvalue weighted by Gasteiger charge is 2.44. The molecular weight excluding hydrogens is 637 g/mol. The molecule has 2 aliphatic rings. The molecule has 4 heteroatoms. The molecule has 2 heterocycles. The van der Waals surface area contributed by atoms with Crippen LogP contribution in [-0.4, -0.2) is 60.1 Å². The van der Waals surface area contributed by atoms with Crippen LogP contribution in [0.25, 0.3) is 0 Å². The van der Waals surface area contributed by atoms with Crippen molar-refractivity contribution in [2.24, 2.45) is 0 Å². The minimum absolute atomic E-state index is 0.000984. The van der Waals surface area contributed by atoms with Gasteiger partial charge in [0, 0.05) is 12.1 Å². The number of likely N-dealkylation sites (tertiary alicyclic amines) is 1. The van der Waals surface area contributed by atoms with E-state index in [4.69, 9.17) is 4.74 Å². The van der Waals surface area contributed by atoms with Crippen molar-refractivity contribution in [2.45, 2.75) is 231 Å². The largest absolute Gasteiger partial charge is 0.465 e. The van der Waals surface area contributed by atoms with Crippen molar-refractivity contribution in [3.63, 3.8) is 0 Å². The smallest absolute Gasteiger partial charge is 0.327 e. The molecule has 0 aromatic carbocycles. The Kier molecular flexibility index (Phi) is 29.7. The van der Waals surface area contributed by atoms with Crippen LogP contribution in [0.4, 0.5) is 0 Å². The molecular formula is C48H88N2O2. The highest BCUT2D eigenvalue weighted by atomic mass is 16.5. The predicted molar refractivity (Wildman–Crippen MR) is 228 cm³/mol. The molecule has 1 unspecified atom stereocenters. The third-order valence-electron chi connectivity index (χ3n) is 11.8. The van der Waals surface area contributed by atoms with Gasteiger partial charge in [-0.1, -0.05) is 166 Å². The number of esters is 1. The zero-order valence-corrected chi connectivity index (χ0v) is 35.2. The maximum atomic E-state index is 13.3. The SMILES string of the molecule is CCCCCCCC/C=C\CCCCCCCC1(CCCCCCC/C=C\CCCCCCCC)C=CC(C(=O)OCC)N1CCCN1CCCC1. The summed E-state index contributed by atoms with van der Waals surface area (Å²) in [6.07, 6.45) is 55.3. The molecule has 1 atom stereocenters. The van der Waals surface area contributed by atoms with Gasteiger partial charge >= 0.3 is 5.97 Å². The number of carbonyl (C=O) groups excluding carboxylic acids is 1. The van der Waals surface area contributed by atoms with Crippen molar-refractivity contribution in [3.05, 3.63) is 36.5 Å². The summed E-state index contributed by atoms with van der Waals surface area (Å²) in [5, 5.41) is 0. The quantitative estimate of drug-likeness (QED) is 0.0366. The Morgan fingerprint density at radius 3 is 1.44 bits per heavy atom. The Labute approximate surface area is 325 Å². The van der Waals surface area contributed by atoms with Crippen LogP contribution in [0.5, 0.6) is 0 Å². The third kappa shape index (κ3) is 22.1. The molecule has 0 saturated carbocycles. The Hall–Kier alpha value is -1.39. The van der Waals surface area contributed by atoms with E-state index in [0.717, 1.165) is 19.5 Å². The van der Waals surface area contributed by atoms with Gasteiger partial charge in [0.25, 0.3) is 0 Å². The normalized spacial score (nSPS) is 17.8. The van der Waals surface area contributed by atoms with E-state index in [-0.39, 0.29) is 17.6 Å². The number of hydrogen-bond donors (Lipinski definition) is 0. The highest BCUT2D eigenvalue weighted by Crippen LogP contribution is 2.38. The molecule has 0 amide bonds. The Balaban J connectivity index is 1.78. The predicted octanol–water partition coefficient (Wildman–Crippen LogP) is 14.1. The van der Waals surface area contributed by atoms with Gasteiger partial charge < -0.3 is 9.64 Å². The first-order valence-corrected chi connectivity index (χ1v) is 23.3. The molecule has 52 heavy (non-hydrogen) atoms. The first-order chi connectivity index (χ1) is 25.7. The van der Waals surface area contributed by atoms with Crippen LogP contribution in [0.15, 0.2) is 36.5 Å². The lowest BCUT2D eigenvalue weighted by Crippen LogP contribution is -2.51. The van der Waals surface area contributed by atoms with E-state index < -0.39 is 0 Å². The summed E-state index contributed by atoms with van der Waals surface area (Å²) in [4.78, 5) is 18.5. The van der Waals surface area contributed by atoms with Crippen molar-refractivity contribution >= 4 is 5.97 Å². The van der Waals surface area contributed by atoms with Crippen LogP contribution in [0.3, 0.4) is 0 Å². The average molecular weight is 725 g/mol. The Bertz CT molecular complexity index is 864. The molecule has 1 fully saturated rings. The minimum atomic E-state index is -0.218. The second-order valence-corrected chi connectivity index (χ2v) is 16.4. The van der Waals surface area contributed by atoms with E-state index in [1.54, 1.807) is 0 Å². The van der Waals surface area contributed by atoms with E-state index in [9.17, 15) is 4.79 Å². The number of nitrogens with zero attached hydrogens (tertiary/aromatic N) is 2. The fourth-order valence-corrected chi connectivity index (χ4v) is 8.60. The second kappa shape index (κ2) is 33.0. The molecule has 0 N–H and O–H groups in total. The zero-order chi connectivity index (χ0) is 37.2. The first-order valence-electron chi connectivity index (χ1n) is 23.3. The van der Waals surface area contributed by atoms with Crippen molar-refractivity contribution in [2.75, 3.05) is 32.8 Å². The summed E-state index contributed by atoms with van der Waals surface area (Å²) in [5.74, 6) is -0.0455. The lowest BCUT2D eigenvalue weighted by atomic mass is 9.85. The monoisotopic (exact) mass is 725 g/mol. The van der Waals surface area contributed by atoms with Crippen molar-refractivity contribution in [1.29, 1.82) is 0 Å². The Morgan fingerprint density at radius 2 is 1.00 bits per heavy atom. The van der Waals surface area contributed by atoms with Crippen LogP contribution in [0, 0.1) is 0 Å². The molecule has 1 saturated heterocycles. The Morgan fingerprint density at radius 1 is 0.577 bits per heavy atom. The van der Waals surface area contributed by atoms with Crippen LogP contribution >= 0.6 is 0 Å². The van der Waals surface area contributed by atoms with Crippen molar-refractivity contribution < 1.29 is 9.53 Å². The fraction of sp³-hybridized carbons (Fsp3) is 0.854. The third-order valence-corrected chi connectivity index (χ3v) is 11.8. The molecule has 0 bridgehead atoms. The lowest BCUT2D eigenvalue weighted by Gasteiger charge is -2.41. The number of rotatable bonds is 36. The molecule has 0 spiro atoms. The number of hydrogen-bond acceptors (Lipinski definition) is 4. The molecule has 0 aromatic rings. The van der Waals surface area contributed by atoms with E-state index >= 15 is 0 Å². The molecule has 2 rings (SSSR count). The van der Waals surface area contributed by atoms with Crippen molar-refractivity contribution in [1.82, 2.24) is 9.80 Å². The number of unbranched alkanes of at least 4 members (excludes halogenated alkanes) is 22. The molecule has 4 nitrogen and oxygen atoms in total. The van der Waals surface area contributed by atoms with Gasteiger partial charge in [0.15, 0.2) is 0 Å². The van der Waals surface area contributed by atoms with Gasteiger partial charge in [-0.25, -0.2) is 0 Å². The van der Waals surface area contributed by atoms with E-state index in [0.29, 0.717) is 6.61 Å². The summed E-state index contributed by atoms with van der Waals surface area (Å²) in [5.41, 5.74) is 0.000984. The molecule has 302 valence electrons. The standard InChI is InChI=1S/C48H88N2O2/c1-4-7-9-11-13-15-17-19-21-23-25-27-29-31-33-39-48(40-34-32-30-28-26-24-22-20-18-16-14-12-10-8-5-2)41-38-46(47(51)52-6-3)50(48)45-37-44-49-42-35-36-43-49/h19-22,38,41,46H,4-18,23-37,39-40,42-45H2,1-3H3/b21-19-,22-20-. The van der Waals surface area contributed by atoms with Crippen LogP contribution in [-0.2, 0) is 9.53 Å². The van der Waals surface area contributed by atoms with Gasteiger partial charge in [-0.2, -0.15) is 0 Å². The molecule has 0 aliphatic carbocycles. The summed E-state index contributed by atoms with van der Waals surface area (Å²) in [6, 6.07) is -0.218. The second-order valence-electron chi connectivity index (χ2n) is 16.4. The number of carbonyl (C=O) groups is 1. The zero-order valence-electron chi connectivity index (χ0n) is 35.2. The summed E-state index contributed by atoms with van der Waals surface area (Å²) in [7, 11) is 0. The van der Waals surface area contributed by atoms with Crippen LogP contribution in [0.2, 0.25) is 0 Å². The topological polar surface area (TPSA) is 32.8 Å². The maximum Gasteiger partial charge on any atom is 0.327 e. The van der Waals surface area contributed by atoms with E-state index in [1.165, 1.54) is 206 Å². The number of allylic oxidation sites excluding steroid dienone is 4. The van der Waals surface area contributed by atoms with Crippen molar-refractivity contribution in [3.8, 4) is 0 Å². The van der Waals surface area contributed by atoms with E-state index in [2.05, 4.69) is 60.1 Å². The lowest BCUT2D eigenvalue weighted by molar-refractivity contribution is -0.149. The van der Waals surface area contributed by atoms with Crippen LogP contribution in [0.1, 0.15) is 220 Å². The summed E-state index contributed by atoms with van der Waals surface area (Å²) >= 11 is 0. The fourth-order valence-electron chi connectivity index (χ4n) is 8.60. The van der Waals surface area contributed by atoms with Gasteiger partial charge in [0.1, 0.15) is 6.04 Å². The first kappa shape index (κ1) is 46.8. The van der Waals surface area contributed by atoms with Gasteiger partial charge in [-0.15, -0.1) is 0 Å². The average Bonchev–Trinajstić information content (AvgIpc) is 3.80. The molecule has 0 radical (unpaired) electrons. The molecule has 0 aromatic heterocycles. The van der Waals surface area contributed by atoms with Gasteiger partial charge in [0.2, 0.25) is 0 Å². The number of ether oxygens (including phenoxy) is 1. The van der Waals surface area contributed by atoms with Gasteiger partial charge in [-0.3, -0.25) is 9.69 Å². The minimum Gasteiger partial charge on any atom is -0.465 e. The molecule has 2 aliphatic heterocycles.